The first-order valence-corrected chi connectivity index (χ1v) is 9.17. The van der Waals surface area contributed by atoms with Crippen LogP contribution in [0.25, 0.3) is 5.76 Å². The molecule has 3 N–H and O–H groups in total. The number of hydrogen-bond acceptors (Lipinski definition) is 9. The van der Waals surface area contributed by atoms with Gasteiger partial charge in [-0.05, 0) is 25.5 Å². The van der Waals surface area contributed by atoms with Gasteiger partial charge in [-0.25, -0.2) is 0 Å². The third-order valence-corrected chi connectivity index (χ3v) is 3.74. The molecule has 11 heteroatoms. The van der Waals surface area contributed by atoms with Crippen LogP contribution in [0, 0.1) is 26.9 Å². The topological polar surface area (TPSA) is 171 Å². The number of nitrogens with one attached hydrogen (secondary N) is 2. The summed E-state index contributed by atoms with van der Waals surface area (Å²) in [6, 6.07) is 3.81. The molecule has 1 aromatic carbocycles. The summed E-state index contributed by atoms with van der Waals surface area (Å²) in [4.78, 5) is 27.2. The Morgan fingerprint density at radius 3 is 2.68 bits per heavy atom. The van der Waals surface area contributed by atoms with E-state index in [0.717, 1.165) is 12.3 Å². The normalized spacial score (nSPS) is 12.0. The minimum Gasteiger partial charge on any atom is -0.506 e. The number of methoxy groups -OCH3 is 1. The van der Waals surface area contributed by atoms with E-state index in [0.29, 0.717) is 12.1 Å². The molecule has 0 unspecified atom stereocenters. The summed E-state index contributed by atoms with van der Waals surface area (Å²) in [5.41, 5.74) is -0.960. The summed E-state index contributed by atoms with van der Waals surface area (Å²) in [7, 11) is 1.26. The van der Waals surface area contributed by atoms with E-state index in [2.05, 4.69) is 10.3 Å². The highest BCUT2D eigenvalue weighted by Gasteiger charge is 2.25. The molecule has 31 heavy (non-hydrogen) atoms. The summed E-state index contributed by atoms with van der Waals surface area (Å²) in [5.74, 6) is -1.86. The number of nitro benzene ring substituents is 1. The number of carbonyl (C=O) groups excluding carboxylic acids is 1. The maximum Gasteiger partial charge on any atom is 0.315 e. The number of nitrogens with zero attached hydrogens (tertiary/aromatic N) is 3. The Balaban J connectivity index is 3.36. The summed E-state index contributed by atoms with van der Waals surface area (Å²) >= 11 is 0. The molecule has 0 saturated heterocycles. The average molecular weight is 429 g/mol. The van der Waals surface area contributed by atoms with Crippen LogP contribution < -0.4 is 14.8 Å². The molecule has 1 rings (SSSR count). The van der Waals surface area contributed by atoms with Gasteiger partial charge in [0.1, 0.15) is 11.8 Å². The van der Waals surface area contributed by atoms with Crippen molar-refractivity contribution in [3.05, 3.63) is 45.2 Å². The number of rotatable bonds is 11. The largest absolute Gasteiger partial charge is 0.506 e. The first-order valence-electron chi connectivity index (χ1n) is 9.17. The molecular weight excluding hydrogens is 406 g/mol. The van der Waals surface area contributed by atoms with E-state index >= 15 is 0 Å². The lowest BCUT2D eigenvalue weighted by Gasteiger charge is -2.12. The Bertz CT molecular complexity index is 975. The molecule has 164 valence electrons. The highest BCUT2D eigenvalue weighted by molar-refractivity contribution is 6.03. The van der Waals surface area contributed by atoms with E-state index in [1.54, 1.807) is 19.2 Å². The molecule has 0 aliphatic rings. The molecule has 1 aromatic rings. The van der Waals surface area contributed by atoms with Crippen LogP contribution in [0.2, 0.25) is 0 Å². The van der Waals surface area contributed by atoms with E-state index in [1.165, 1.54) is 19.3 Å². The van der Waals surface area contributed by atoms with E-state index in [-0.39, 0.29) is 30.2 Å². The monoisotopic (exact) mass is 429 g/mol. The maximum atomic E-state index is 12.4. The van der Waals surface area contributed by atoms with Gasteiger partial charge in [-0.3, -0.25) is 19.9 Å². The third-order valence-electron chi connectivity index (χ3n) is 3.74. The van der Waals surface area contributed by atoms with Gasteiger partial charge in [-0.1, -0.05) is 6.92 Å². The van der Waals surface area contributed by atoms with Crippen LogP contribution in [0.3, 0.4) is 0 Å². The number of aliphatic imine (C=N–C) groups is 1. The predicted octanol–water partition coefficient (Wildman–Crippen LogP) is 2.93. The molecule has 1 amide bonds. The molecule has 0 aromatic heterocycles. The zero-order valence-electron chi connectivity index (χ0n) is 17.3. The van der Waals surface area contributed by atoms with E-state index in [9.17, 15) is 25.3 Å². The quantitative estimate of drug-likeness (QED) is 0.121. The van der Waals surface area contributed by atoms with Crippen molar-refractivity contribution in [3.8, 4) is 17.6 Å². The number of hydrogen-bond donors (Lipinski definition) is 3. The van der Waals surface area contributed by atoms with E-state index in [4.69, 9.17) is 14.9 Å². The Hall–Kier alpha value is -4.20. The molecule has 0 radical (unpaired) electrons. The summed E-state index contributed by atoms with van der Waals surface area (Å²) in [5, 5.41) is 40.9. The number of aliphatic hydroxyl groups is 1. The molecule has 11 nitrogen and oxygen atoms in total. The molecule has 0 saturated carbocycles. The number of amides is 1. The fraction of sp³-hybridized carbons (Fsp3) is 0.300. The summed E-state index contributed by atoms with van der Waals surface area (Å²) in [6.07, 6.45) is 4.60. The van der Waals surface area contributed by atoms with Crippen molar-refractivity contribution in [3.63, 3.8) is 0 Å². The summed E-state index contributed by atoms with van der Waals surface area (Å²) < 4.78 is 10.4. The van der Waals surface area contributed by atoms with Crippen molar-refractivity contribution in [1.82, 2.24) is 5.32 Å². The fourth-order valence-corrected chi connectivity index (χ4v) is 2.37. The highest BCUT2D eigenvalue weighted by Crippen LogP contribution is 2.40. The van der Waals surface area contributed by atoms with Gasteiger partial charge in [-0.15, -0.1) is 0 Å². The fourth-order valence-electron chi connectivity index (χ4n) is 2.37. The van der Waals surface area contributed by atoms with Gasteiger partial charge < -0.3 is 25.3 Å². The lowest BCUT2D eigenvalue weighted by Crippen LogP contribution is -2.27. The van der Waals surface area contributed by atoms with Crippen molar-refractivity contribution < 1.29 is 24.3 Å². The molecule has 0 spiro atoms. The van der Waals surface area contributed by atoms with Crippen LogP contribution in [0.5, 0.6) is 11.5 Å². The van der Waals surface area contributed by atoms with Gasteiger partial charge in [0.15, 0.2) is 11.3 Å². The SMILES string of the molecule is CCC=N/C(=C\C=N)CNC(=O)/C(C#N)=C(\O)c1cc(OC)c(OCC)c([N+](=O)[O-])c1. The van der Waals surface area contributed by atoms with Crippen molar-refractivity contribution in [2.24, 2.45) is 4.99 Å². The number of benzene rings is 1. The smallest absolute Gasteiger partial charge is 0.315 e. The molecule has 0 atom stereocenters. The lowest BCUT2D eigenvalue weighted by molar-refractivity contribution is -0.386. The third kappa shape index (κ3) is 6.67. The second kappa shape index (κ2) is 12.4. The average Bonchev–Trinajstić information content (AvgIpc) is 2.76. The number of nitriles is 1. The molecule has 0 fully saturated rings. The second-order valence-corrected chi connectivity index (χ2v) is 5.78. The number of aliphatic hydroxyl groups excluding tert-OH is 1. The molecule has 0 aliphatic carbocycles. The Morgan fingerprint density at radius 2 is 2.16 bits per heavy atom. The first-order chi connectivity index (χ1) is 14.8. The molecule has 0 bridgehead atoms. The standard InChI is InChI=1S/C20H23N5O6/c1-4-8-23-14(6-7-21)12-24-20(27)15(11-22)18(26)13-9-16(25(28)29)19(31-5-2)17(10-13)30-3/h6-10,21,26H,4-5,12H2,1-3H3,(H,24,27)/b14-6-,18-15-,21-7?,23-8?. The second-order valence-electron chi connectivity index (χ2n) is 5.78. The van der Waals surface area contributed by atoms with Crippen molar-refractivity contribution in [2.45, 2.75) is 20.3 Å². The minimum absolute atomic E-state index is 0.0413. The zero-order valence-corrected chi connectivity index (χ0v) is 17.3. The maximum absolute atomic E-state index is 12.4. The first kappa shape index (κ1) is 24.8. The number of ether oxygens (including phenoxy) is 2. The Labute approximate surface area is 179 Å². The van der Waals surface area contributed by atoms with Crippen molar-refractivity contribution in [1.29, 1.82) is 10.7 Å². The van der Waals surface area contributed by atoms with Crippen LogP contribution in [0.1, 0.15) is 25.8 Å². The van der Waals surface area contributed by atoms with Gasteiger partial charge in [-0.2, -0.15) is 5.26 Å². The Kier molecular flexibility index (Phi) is 9.92. The van der Waals surface area contributed by atoms with Crippen LogP contribution in [0.15, 0.2) is 34.5 Å². The van der Waals surface area contributed by atoms with Crippen LogP contribution in [-0.2, 0) is 4.79 Å². The van der Waals surface area contributed by atoms with Gasteiger partial charge in [0.2, 0.25) is 5.75 Å². The van der Waals surface area contributed by atoms with E-state index in [1.807, 2.05) is 6.92 Å². The number of nitro groups is 1. The lowest BCUT2D eigenvalue weighted by atomic mass is 10.1. The Morgan fingerprint density at radius 1 is 1.45 bits per heavy atom. The molecule has 0 aliphatic heterocycles. The number of carbonyl (C=O) groups is 1. The van der Waals surface area contributed by atoms with E-state index < -0.39 is 27.9 Å². The molecular formula is C20H23N5O6. The minimum atomic E-state index is -0.918. The van der Waals surface area contributed by atoms with Crippen LogP contribution in [0.4, 0.5) is 5.69 Å². The van der Waals surface area contributed by atoms with Gasteiger partial charge in [0, 0.05) is 24.1 Å². The van der Waals surface area contributed by atoms with Crippen LogP contribution >= 0.6 is 0 Å². The predicted molar refractivity (Wildman–Crippen MR) is 115 cm³/mol. The highest BCUT2D eigenvalue weighted by atomic mass is 16.6. The summed E-state index contributed by atoms with van der Waals surface area (Å²) in [6.45, 7) is 3.54. The van der Waals surface area contributed by atoms with Crippen LogP contribution in [-0.4, -0.2) is 48.6 Å². The molecule has 0 heterocycles. The van der Waals surface area contributed by atoms with Gasteiger partial charge >= 0.3 is 5.69 Å². The number of allylic oxidation sites excluding steroid dienone is 1. The zero-order chi connectivity index (χ0) is 23.4. The van der Waals surface area contributed by atoms with Gasteiger partial charge in [0.25, 0.3) is 5.91 Å². The van der Waals surface area contributed by atoms with Crippen molar-refractivity contribution in [2.75, 3.05) is 20.3 Å². The van der Waals surface area contributed by atoms with Gasteiger partial charge in [0.05, 0.1) is 30.9 Å². The van der Waals surface area contributed by atoms with Crippen molar-refractivity contribution >= 4 is 29.8 Å².